The summed E-state index contributed by atoms with van der Waals surface area (Å²) in [7, 11) is 0. The Labute approximate surface area is 124 Å². The summed E-state index contributed by atoms with van der Waals surface area (Å²) in [6.07, 6.45) is 3.25. The third-order valence-electron chi connectivity index (χ3n) is 3.68. The number of halogens is 1. The van der Waals surface area contributed by atoms with Crippen LogP contribution in [0.3, 0.4) is 0 Å². The van der Waals surface area contributed by atoms with Gasteiger partial charge in [-0.15, -0.1) is 0 Å². The van der Waals surface area contributed by atoms with Crippen molar-refractivity contribution in [1.29, 1.82) is 5.26 Å². The maximum atomic E-state index is 13.2. The van der Waals surface area contributed by atoms with E-state index in [0.29, 0.717) is 18.5 Å². The van der Waals surface area contributed by atoms with Crippen molar-refractivity contribution in [3.63, 3.8) is 0 Å². The van der Waals surface area contributed by atoms with Crippen LogP contribution in [-0.4, -0.2) is 25.0 Å². The van der Waals surface area contributed by atoms with Gasteiger partial charge >= 0.3 is 0 Å². The molecule has 0 aliphatic carbocycles. The number of anilines is 1. The van der Waals surface area contributed by atoms with E-state index in [9.17, 15) is 9.18 Å². The predicted octanol–water partition coefficient (Wildman–Crippen LogP) is 2.58. The summed E-state index contributed by atoms with van der Waals surface area (Å²) >= 11 is 0. The second-order valence-electron chi connectivity index (χ2n) is 5.38. The molecular weight excluding hydrogens is 269 g/mol. The van der Waals surface area contributed by atoms with Crippen LogP contribution in [-0.2, 0) is 4.79 Å². The van der Waals surface area contributed by atoms with Gasteiger partial charge in [-0.25, -0.2) is 4.39 Å². The van der Waals surface area contributed by atoms with Gasteiger partial charge in [0.2, 0.25) is 5.91 Å². The summed E-state index contributed by atoms with van der Waals surface area (Å²) in [4.78, 5) is 13.7. The van der Waals surface area contributed by atoms with E-state index in [0.717, 1.165) is 31.5 Å². The molecule has 1 N–H and O–H groups in total. The number of piperidine rings is 1. The third-order valence-corrected chi connectivity index (χ3v) is 3.68. The van der Waals surface area contributed by atoms with E-state index in [1.165, 1.54) is 12.1 Å². The molecule has 21 heavy (non-hydrogen) atoms. The lowest BCUT2D eigenvalue weighted by Gasteiger charge is -2.35. The summed E-state index contributed by atoms with van der Waals surface area (Å²) in [6, 6.07) is 6.40. The molecule has 0 saturated carbocycles. The molecule has 1 amide bonds. The van der Waals surface area contributed by atoms with E-state index in [-0.39, 0.29) is 11.9 Å². The quantitative estimate of drug-likeness (QED) is 0.927. The molecule has 0 spiro atoms. The Morgan fingerprint density at radius 2 is 2.38 bits per heavy atom. The maximum absolute atomic E-state index is 13.2. The van der Waals surface area contributed by atoms with E-state index in [1.807, 2.05) is 13.0 Å². The third kappa shape index (κ3) is 3.94. The number of rotatable bonds is 4. The van der Waals surface area contributed by atoms with Crippen LogP contribution in [0.5, 0.6) is 0 Å². The van der Waals surface area contributed by atoms with Crippen LogP contribution in [0.1, 0.15) is 38.2 Å². The molecule has 1 aromatic rings. The molecule has 1 unspecified atom stereocenters. The van der Waals surface area contributed by atoms with Crippen LogP contribution in [0, 0.1) is 17.1 Å². The second kappa shape index (κ2) is 7.07. The molecule has 0 aromatic heterocycles. The van der Waals surface area contributed by atoms with Gasteiger partial charge < -0.3 is 10.2 Å². The van der Waals surface area contributed by atoms with Crippen molar-refractivity contribution in [3.8, 4) is 6.07 Å². The Morgan fingerprint density at radius 1 is 1.57 bits per heavy atom. The molecular formula is C16H20FN3O. The van der Waals surface area contributed by atoms with Gasteiger partial charge in [0.05, 0.1) is 11.3 Å². The first kappa shape index (κ1) is 15.3. The first-order valence-corrected chi connectivity index (χ1v) is 7.38. The lowest BCUT2D eigenvalue weighted by atomic mass is 10.0. The molecule has 112 valence electrons. The predicted molar refractivity (Wildman–Crippen MR) is 79.4 cm³/mol. The van der Waals surface area contributed by atoms with Crippen LogP contribution in [0.25, 0.3) is 0 Å². The normalized spacial score (nSPS) is 18.1. The molecule has 1 heterocycles. The number of carbonyl (C=O) groups is 1. The highest BCUT2D eigenvalue weighted by Crippen LogP contribution is 2.24. The summed E-state index contributed by atoms with van der Waals surface area (Å²) in [5.74, 6) is -0.330. The first-order chi connectivity index (χ1) is 10.1. The maximum Gasteiger partial charge on any atom is 0.220 e. The standard InChI is InChI=1S/C16H20FN3O/c1-2-4-16(21)19-14-5-3-8-20(11-14)15-7-6-13(17)9-12(15)10-18/h6-7,9,14H,2-5,8,11H2,1H3,(H,19,21). The molecule has 0 bridgehead atoms. The molecule has 5 heteroatoms. The fraction of sp³-hybridized carbons (Fsp3) is 0.500. The zero-order valence-electron chi connectivity index (χ0n) is 12.2. The minimum Gasteiger partial charge on any atom is -0.368 e. The number of benzene rings is 1. The van der Waals surface area contributed by atoms with Crippen molar-refractivity contribution in [2.45, 2.75) is 38.6 Å². The number of carbonyl (C=O) groups excluding carboxylic acids is 1. The Kier molecular flexibility index (Phi) is 5.15. The van der Waals surface area contributed by atoms with E-state index in [2.05, 4.69) is 10.2 Å². The van der Waals surface area contributed by atoms with E-state index in [1.54, 1.807) is 6.07 Å². The van der Waals surface area contributed by atoms with Crippen LogP contribution >= 0.6 is 0 Å². The Hall–Kier alpha value is -2.09. The van der Waals surface area contributed by atoms with Gasteiger partial charge in [0, 0.05) is 25.6 Å². The second-order valence-corrected chi connectivity index (χ2v) is 5.38. The molecule has 1 saturated heterocycles. The summed E-state index contributed by atoms with van der Waals surface area (Å²) in [5.41, 5.74) is 1.09. The van der Waals surface area contributed by atoms with Gasteiger partial charge in [-0.3, -0.25) is 4.79 Å². The van der Waals surface area contributed by atoms with Crippen molar-refractivity contribution in [2.24, 2.45) is 0 Å². The van der Waals surface area contributed by atoms with Gasteiger partial charge in [0.15, 0.2) is 0 Å². The van der Waals surface area contributed by atoms with Crippen LogP contribution < -0.4 is 10.2 Å². The molecule has 4 nitrogen and oxygen atoms in total. The molecule has 2 rings (SSSR count). The topological polar surface area (TPSA) is 56.1 Å². The van der Waals surface area contributed by atoms with Gasteiger partial charge in [-0.05, 0) is 37.5 Å². The SMILES string of the molecule is CCCC(=O)NC1CCCN(c2ccc(F)cc2C#N)C1. The van der Waals surface area contributed by atoms with E-state index in [4.69, 9.17) is 5.26 Å². The first-order valence-electron chi connectivity index (χ1n) is 7.38. The van der Waals surface area contributed by atoms with Crippen molar-refractivity contribution in [3.05, 3.63) is 29.6 Å². The van der Waals surface area contributed by atoms with E-state index < -0.39 is 5.82 Å². The van der Waals surface area contributed by atoms with Crippen molar-refractivity contribution in [1.82, 2.24) is 5.32 Å². The average Bonchev–Trinajstić information content (AvgIpc) is 2.47. The van der Waals surface area contributed by atoms with Crippen molar-refractivity contribution >= 4 is 11.6 Å². The molecule has 1 atom stereocenters. The largest absolute Gasteiger partial charge is 0.368 e. The zero-order valence-corrected chi connectivity index (χ0v) is 12.2. The molecule has 1 aliphatic rings. The summed E-state index contributed by atoms with van der Waals surface area (Å²) in [6.45, 7) is 3.46. The van der Waals surface area contributed by atoms with Gasteiger partial charge in [0.25, 0.3) is 0 Å². The monoisotopic (exact) mass is 289 g/mol. The van der Waals surface area contributed by atoms with Crippen LogP contribution in [0.2, 0.25) is 0 Å². The molecule has 0 radical (unpaired) electrons. The van der Waals surface area contributed by atoms with Crippen molar-refractivity contribution in [2.75, 3.05) is 18.0 Å². The molecule has 1 aliphatic heterocycles. The average molecular weight is 289 g/mol. The number of nitrogens with zero attached hydrogens (tertiary/aromatic N) is 2. The van der Waals surface area contributed by atoms with Crippen LogP contribution in [0.4, 0.5) is 10.1 Å². The van der Waals surface area contributed by atoms with Gasteiger partial charge in [0.1, 0.15) is 11.9 Å². The van der Waals surface area contributed by atoms with Crippen LogP contribution in [0.15, 0.2) is 18.2 Å². The summed E-state index contributed by atoms with van der Waals surface area (Å²) in [5, 5.41) is 12.2. The highest BCUT2D eigenvalue weighted by atomic mass is 19.1. The fourth-order valence-corrected chi connectivity index (χ4v) is 2.71. The summed E-state index contributed by atoms with van der Waals surface area (Å²) < 4.78 is 13.2. The highest BCUT2D eigenvalue weighted by molar-refractivity contribution is 5.76. The number of amides is 1. The molecule has 1 aromatic carbocycles. The Morgan fingerprint density at radius 3 is 3.10 bits per heavy atom. The van der Waals surface area contributed by atoms with Gasteiger partial charge in [-0.1, -0.05) is 6.92 Å². The fourth-order valence-electron chi connectivity index (χ4n) is 2.71. The Balaban J connectivity index is 2.07. The van der Waals surface area contributed by atoms with E-state index >= 15 is 0 Å². The number of hydrogen-bond donors (Lipinski definition) is 1. The minimum absolute atomic E-state index is 0.0731. The lowest BCUT2D eigenvalue weighted by Crippen LogP contribution is -2.48. The zero-order chi connectivity index (χ0) is 15.2. The van der Waals surface area contributed by atoms with Gasteiger partial charge in [-0.2, -0.15) is 5.26 Å². The number of nitrogens with one attached hydrogen (secondary N) is 1. The molecule has 1 fully saturated rings. The minimum atomic E-state index is -0.403. The Bertz CT molecular complexity index is 553. The highest BCUT2D eigenvalue weighted by Gasteiger charge is 2.23. The number of hydrogen-bond acceptors (Lipinski definition) is 3. The van der Waals surface area contributed by atoms with Crippen molar-refractivity contribution < 1.29 is 9.18 Å². The smallest absolute Gasteiger partial charge is 0.220 e. The number of nitriles is 1. The lowest BCUT2D eigenvalue weighted by molar-refractivity contribution is -0.121.